The second kappa shape index (κ2) is 11.1. The molecular formula is C29H35NO3. The summed E-state index contributed by atoms with van der Waals surface area (Å²) >= 11 is 0. The molecule has 0 bridgehead atoms. The molecule has 2 aromatic carbocycles. The fraction of sp³-hybridized carbons (Fsp3) is 0.379. The second-order valence-corrected chi connectivity index (χ2v) is 8.66. The third-order valence-corrected chi connectivity index (χ3v) is 6.35. The van der Waals surface area contributed by atoms with Crippen molar-refractivity contribution in [2.45, 2.75) is 61.0 Å². The lowest BCUT2D eigenvalue weighted by atomic mass is 9.91. The average molecular weight is 446 g/mol. The molecule has 0 unspecified atom stereocenters. The van der Waals surface area contributed by atoms with Crippen molar-refractivity contribution in [1.29, 1.82) is 0 Å². The summed E-state index contributed by atoms with van der Waals surface area (Å²) in [6.45, 7) is 13.2. The van der Waals surface area contributed by atoms with E-state index in [4.69, 9.17) is 9.47 Å². The molecule has 174 valence electrons. The van der Waals surface area contributed by atoms with Crippen LogP contribution in [-0.4, -0.2) is 17.6 Å². The van der Waals surface area contributed by atoms with Crippen LogP contribution in [0, 0.1) is 33.6 Å². The van der Waals surface area contributed by atoms with Crippen molar-refractivity contribution in [2.24, 2.45) is 5.92 Å². The molecule has 0 spiro atoms. The molecule has 0 aliphatic heterocycles. The Hall–Kier alpha value is -3.14. The van der Waals surface area contributed by atoms with Gasteiger partial charge in [0.25, 0.3) is 0 Å². The van der Waals surface area contributed by atoms with E-state index < -0.39 is 0 Å². The number of carbonyl (C=O) groups excluding carboxylic acids is 1. The molecular weight excluding hydrogens is 410 g/mol. The van der Waals surface area contributed by atoms with Gasteiger partial charge in [0.1, 0.15) is 6.61 Å². The SMILES string of the molecule is CCOC(=O)[C@@H](CC)Cc1cnc(OCc2cccc(-c3c(C)cccc3C)c2C)cc1C. The Morgan fingerprint density at radius 2 is 1.64 bits per heavy atom. The highest BCUT2D eigenvalue weighted by atomic mass is 16.5. The number of pyridine rings is 1. The second-order valence-electron chi connectivity index (χ2n) is 8.66. The number of hydrogen-bond donors (Lipinski definition) is 0. The van der Waals surface area contributed by atoms with Gasteiger partial charge in [-0.1, -0.05) is 43.3 Å². The van der Waals surface area contributed by atoms with Gasteiger partial charge in [0.05, 0.1) is 12.5 Å². The molecule has 1 heterocycles. The normalized spacial score (nSPS) is 11.8. The van der Waals surface area contributed by atoms with Gasteiger partial charge in [-0.15, -0.1) is 0 Å². The van der Waals surface area contributed by atoms with Crippen LogP contribution in [0.3, 0.4) is 0 Å². The molecule has 3 rings (SSSR count). The third kappa shape index (κ3) is 5.81. The average Bonchev–Trinajstić information content (AvgIpc) is 2.78. The van der Waals surface area contributed by atoms with Crippen molar-refractivity contribution in [3.63, 3.8) is 0 Å². The first kappa shape index (κ1) is 24.5. The summed E-state index contributed by atoms with van der Waals surface area (Å²) in [6.07, 6.45) is 3.20. The minimum atomic E-state index is -0.146. The Morgan fingerprint density at radius 3 is 2.27 bits per heavy atom. The first-order valence-corrected chi connectivity index (χ1v) is 11.8. The molecule has 4 nitrogen and oxygen atoms in total. The van der Waals surface area contributed by atoms with Gasteiger partial charge >= 0.3 is 5.97 Å². The molecule has 0 radical (unpaired) electrons. The Morgan fingerprint density at radius 1 is 0.939 bits per heavy atom. The summed E-state index contributed by atoms with van der Waals surface area (Å²) in [7, 11) is 0. The van der Waals surface area contributed by atoms with Crippen molar-refractivity contribution in [3.05, 3.63) is 82.0 Å². The first-order chi connectivity index (χ1) is 15.8. The minimum absolute atomic E-state index is 0.140. The maximum absolute atomic E-state index is 12.2. The van der Waals surface area contributed by atoms with Gasteiger partial charge in [-0.05, 0) is 92.0 Å². The van der Waals surface area contributed by atoms with Crippen LogP contribution in [-0.2, 0) is 22.6 Å². The highest BCUT2D eigenvalue weighted by Gasteiger charge is 2.19. The summed E-state index contributed by atoms with van der Waals surface area (Å²) in [5, 5.41) is 0. The van der Waals surface area contributed by atoms with Crippen LogP contribution < -0.4 is 4.74 Å². The van der Waals surface area contributed by atoms with Crippen LogP contribution >= 0.6 is 0 Å². The molecule has 1 atom stereocenters. The van der Waals surface area contributed by atoms with Crippen molar-refractivity contribution >= 4 is 5.97 Å². The molecule has 0 saturated heterocycles. The van der Waals surface area contributed by atoms with E-state index in [1.54, 1.807) is 0 Å². The van der Waals surface area contributed by atoms with Crippen LogP contribution in [0.1, 0.15) is 53.6 Å². The summed E-state index contributed by atoms with van der Waals surface area (Å²) < 4.78 is 11.3. The number of ether oxygens (including phenoxy) is 2. The van der Waals surface area contributed by atoms with Gasteiger partial charge in [-0.2, -0.15) is 0 Å². The largest absolute Gasteiger partial charge is 0.473 e. The van der Waals surface area contributed by atoms with E-state index in [-0.39, 0.29) is 11.9 Å². The molecule has 0 aliphatic carbocycles. The monoisotopic (exact) mass is 445 g/mol. The number of aromatic nitrogens is 1. The van der Waals surface area contributed by atoms with Crippen LogP contribution in [0.2, 0.25) is 0 Å². The van der Waals surface area contributed by atoms with E-state index in [9.17, 15) is 4.79 Å². The Labute approximate surface area is 198 Å². The lowest BCUT2D eigenvalue weighted by Crippen LogP contribution is -2.20. The van der Waals surface area contributed by atoms with Gasteiger partial charge in [0.2, 0.25) is 5.88 Å². The molecule has 0 N–H and O–H groups in total. The molecule has 3 aromatic rings. The van der Waals surface area contributed by atoms with E-state index in [0.717, 1.165) is 23.1 Å². The zero-order valence-electron chi connectivity index (χ0n) is 20.7. The fourth-order valence-electron chi connectivity index (χ4n) is 4.27. The third-order valence-electron chi connectivity index (χ3n) is 6.35. The van der Waals surface area contributed by atoms with Gasteiger partial charge in [-0.25, -0.2) is 4.98 Å². The van der Waals surface area contributed by atoms with Crippen molar-refractivity contribution in [1.82, 2.24) is 4.98 Å². The summed E-state index contributed by atoms with van der Waals surface area (Å²) in [5.41, 5.74) is 9.59. The predicted octanol–water partition coefficient (Wildman–Crippen LogP) is 6.69. The number of nitrogens with zero attached hydrogens (tertiary/aromatic N) is 1. The van der Waals surface area contributed by atoms with E-state index in [1.165, 1.54) is 27.8 Å². The first-order valence-electron chi connectivity index (χ1n) is 11.8. The Kier molecular flexibility index (Phi) is 8.26. The molecule has 0 aliphatic rings. The van der Waals surface area contributed by atoms with Crippen molar-refractivity contribution < 1.29 is 14.3 Å². The summed E-state index contributed by atoms with van der Waals surface area (Å²) in [5.74, 6) is 0.309. The topological polar surface area (TPSA) is 48.4 Å². The van der Waals surface area contributed by atoms with Crippen molar-refractivity contribution in [2.75, 3.05) is 6.61 Å². The van der Waals surface area contributed by atoms with E-state index in [2.05, 4.69) is 62.2 Å². The van der Waals surface area contributed by atoms with Gasteiger partial charge in [0, 0.05) is 12.3 Å². The molecule has 0 amide bonds. The number of carbonyl (C=O) groups is 1. The fourth-order valence-corrected chi connectivity index (χ4v) is 4.27. The molecule has 33 heavy (non-hydrogen) atoms. The number of rotatable bonds is 9. The van der Waals surface area contributed by atoms with E-state index in [0.29, 0.717) is 25.5 Å². The standard InChI is InChI=1S/C29H35NO3/c1-7-23(29(31)32-8-2)16-25-17-30-27(15-21(25)5)33-18-24-13-10-14-26(22(24)6)28-19(3)11-9-12-20(28)4/h9-15,17,23H,7-8,16,18H2,1-6H3/t23-/m0/s1. The number of aryl methyl sites for hydroxylation is 3. The Bertz CT molecular complexity index is 1100. The lowest BCUT2D eigenvalue weighted by Gasteiger charge is -2.17. The number of benzene rings is 2. The highest BCUT2D eigenvalue weighted by Crippen LogP contribution is 2.31. The van der Waals surface area contributed by atoms with Crippen LogP contribution in [0.4, 0.5) is 0 Å². The molecule has 4 heteroatoms. The van der Waals surface area contributed by atoms with Crippen molar-refractivity contribution in [3.8, 4) is 17.0 Å². The maximum Gasteiger partial charge on any atom is 0.309 e. The van der Waals surface area contributed by atoms with Crippen LogP contribution in [0.25, 0.3) is 11.1 Å². The summed E-state index contributed by atoms with van der Waals surface area (Å²) in [6, 6.07) is 14.8. The van der Waals surface area contributed by atoms with Gasteiger partial charge in [0.15, 0.2) is 0 Å². The predicted molar refractivity (Wildman–Crippen MR) is 134 cm³/mol. The maximum atomic E-state index is 12.2. The molecule has 0 saturated carbocycles. The quantitative estimate of drug-likeness (QED) is 0.344. The number of hydrogen-bond acceptors (Lipinski definition) is 4. The zero-order valence-corrected chi connectivity index (χ0v) is 20.7. The van der Waals surface area contributed by atoms with Crippen LogP contribution in [0.5, 0.6) is 5.88 Å². The molecule has 0 fully saturated rings. The van der Waals surface area contributed by atoms with Gasteiger partial charge in [-0.3, -0.25) is 4.79 Å². The van der Waals surface area contributed by atoms with E-state index in [1.807, 2.05) is 33.0 Å². The van der Waals surface area contributed by atoms with Gasteiger partial charge < -0.3 is 9.47 Å². The minimum Gasteiger partial charge on any atom is -0.473 e. The molecule has 1 aromatic heterocycles. The number of esters is 1. The highest BCUT2D eigenvalue weighted by molar-refractivity contribution is 5.74. The van der Waals surface area contributed by atoms with E-state index >= 15 is 0 Å². The Balaban J connectivity index is 1.74. The smallest absolute Gasteiger partial charge is 0.309 e. The zero-order chi connectivity index (χ0) is 24.0. The summed E-state index contributed by atoms with van der Waals surface area (Å²) in [4.78, 5) is 16.7. The lowest BCUT2D eigenvalue weighted by molar-refractivity contribution is -0.148. The van der Waals surface area contributed by atoms with Crippen LogP contribution in [0.15, 0.2) is 48.7 Å².